The van der Waals surface area contributed by atoms with Crippen LogP contribution in [0.4, 0.5) is 11.4 Å². The van der Waals surface area contributed by atoms with Crippen molar-refractivity contribution in [2.24, 2.45) is 0 Å². The van der Waals surface area contributed by atoms with E-state index >= 15 is 0 Å². The SMILES string of the molecule is Cc1cc(C)cc(NC(=O)C[C@H]2NC(=O)c3ccccc3NC2=O)c1. The predicted molar refractivity (Wildman–Crippen MR) is 95.5 cm³/mol. The molecule has 6 nitrogen and oxygen atoms in total. The quantitative estimate of drug-likeness (QED) is 0.803. The van der Waals surface area contributed by atoms with Crippen molar-refractivity contribution in [1.29, 1.82) is 0 Å². The van der Waals surface area contributed by atoms with Gasteiger partial charge in [0, 0.05) is 5.69 Å². The summed E-state index contributed by atoms with van der Waals surface area (Å²) in [5.74, 6) is -1.12. The van der Waals surface area contributed by atoms with Gasteiger partial charge in [0.05, 0.1) is 17.7 Å². The summed E-state index contributed by atoms with van der Waals surface area (Å²) in [5.41, 5.74) is 3.57. The molecular formula is C19H19N3O3. The fourth-order valence-corrected chi connectivity index (χ4v) is 2.90. The van der Waals surface area contributed by atoms with Gasteiger partial charge in [-0.25, -0.2) is 0 Å². The molecule has 0 spiro atoms. The fourth-order valence-electron chi connectivity index (χ4n) is 2.90. The number of benzene rings is 2. The van der Waals surface area contributed by atoms with E-state index in [0.29, 0.717) is 16.9 Å². The topological polar surface area (TPSA) is 87.3 Å². The first-order valence-corrected chi connectivity index (χ1v) is 8.01. The summed E-state index contributed by atoms with van der Waals surface area (Å²) in [6, 6.07) is 11.5. The van der Waals surface area contributed by atoms with E-state index < -0.39 is 11.9 Å². The van der Waals surface area contributed by atoms with Crippen LogP contribution >= 0.6 is 0 Å². The summed E-state index contributed by atoms with van der Waals surface area (Å²) in [5, 5.41) is 8.08. The summed E-state index contributed by atoms with van der Waals surface area (Å²) in [6.45, 7) is 3.89. The molecule has 1 atom stereocenters. The Kier molecular flexibility index (Phi) is 4.52. The Morgan fingerprint density at radius 2 is 1.76 bits per heavy atom. The molecule has 128 valence electrons. The second-order valence-corrected chi connectivity index (χ2v) is 6.19. The first kappa shape index (κ1) is 16.7. The predicted octanol–water partition coefficient (Wildman–Crippen LogP) is 2.38. The third-order valence-electron chi connectivity index (χ3n) is 3.95. The summed E-state index contributed by atoms with van der Waals surface area (Å²) in [4.78, 5) is 36.9. The standard InChI is InChI=1S/C19H19N3O3/c1-11-7-12(2)9-13(8-11)20-17(23)10-16-19(25)21-15-6-4-3-5-14(15)18(24)22-16/h3-9,16H,10H2,1-2H3,(H,20,23)(H,21,25)(H,22,24)/t16-/m1/s1. The molecule has 0 unspecified atom stereocenters. The Morgan fingerprint density at radius 3 is 2.48 bits per heavy atom. The maximum Gasteiger partial charge on any atom is 0.254 e. The number of hydrogen-bond donors (Lipinski definition) is 3. The molecule has 0 radical (unpaired) electrons. The van der Waals surface area contributed by atoms with Crippen molar-refractivity contribution in [3.05, 3.63) is 59.2 Å². The van der Waals surface area contributed by atoms with Crippen LogP contribution in [-0.2, 0) is 9.59 Å². The van der Waals surface area contributed by atoms with Crippen molar-refractivity contribution in [3.8, 4) is 0 Å². The van der Waals surface area contributed by atoms with Crippen LogP contribution in [0.5, 0.6) is 0 Å². The van der Waals surface area contributed by atoms with Crippen LogP contribution in [0.1, 0.15) is 27.9 Å². The van der Waals surface area contributed by atoms with Gasteiger partial charge < -0.3 is 16.0 Å². The Bertz CT molecular complexity index is 840. The van der Waals surface area contributed by atoms with E-state index in [2.05, 4.69) is 16.0 Å². The highest BCUT2D eigenvalue weighted by molar-refractivity contribution is 6.11. The molecule has 1 aliphatic rings. The van der Waals surface area contributed by atoms with E-state index in [1.165, 1.54) is 0 Å². The smallest absolute Gasteiger partial charge is 0.254 e. The van der Waals surface area contributed by atoms with Crippen LogP contribution in [0.2, 0.25) is 0 Å². The molecule has 0 bridgehead atoms. The molecule has 3 rings (SSSR count). The van der Waals surface area contributed by atoms with E-state index in [0.717, 1.165) is 11.1 Å². The number of carbonyl (C=O) groups excluding carboxylic acids is 3. The van der Waals surface area contributed by atoms with Crippen LogP contribution in [-0.4, -0.2) is 23.8 Å². The van der Waals surface area contributed by atoms with Crippen LogP contribution in [0.3, 0.4) is 0 Å². The van der Waals surface area contributed by atoms with Gasteiger partial charge in [-0.1, -0.05) is 18.2 Å². The van der Waals surface area contributed by atoms with Crippen molar-refractivity contribution < 1.29 is 14.4 Å². The Labute approximate surface area is 145 Å². The van der Waals surface area contributed by atoms with Gasteiger partial charge in [-0.3, -0.25) is 14.4 Å². The molecule has 6 heteroatoms. The van der Waals surface area contributed by atoms with Gasteiger partial charge in [0.2, 0.25) is 11.8 Å². The van der Waals surface area contributed by atoms with Gasteiger partial charge in [0.1, 0.15) is 6.04 Å². The van der Waals surface area contributed by atoms with Crippen LogP contribution in [0, 0.1) is 13.8 Å². The zero-order valence-corrected chi connectivity index (χ0v) is 14.1. The molecule has 0 saturated heterocycles. The minimum atomic E-state index is -0.925. The van der Waals surface area contributed by atoms with E-state index in [4.69, 9.17) is 0 Å². The summed E-state index contributed by atoms with van der Waals surface area (Å²) >= 11 is 0. The molecular weight excluding hydrogens is 318 g/mol. The molecule has 1 heterocycles. The first-order valence-electron chi connectivity index (χ1n) is 8.01. The lowest BCUT2D eigenvalue weighted by Gasteiger charge is -2.15. The summed E-state index contributed by atoms with van der Waals surface area (Å²) in [6.07, 6.45) is -0.140. The number of nitrogens with one attached hydrogen (secondary N) is 3. The number of hydrogen-bond acceptors (Lipinski definition) is 3. The molecule has 2 aromatic carbocycles. The lowest BCUT2D eigenvalue weighted by atomic mass is 10.1. The highest BCUT2D eigenvalue weighted by Gasteiger charge is 2.29. The maximum absolute atomic E-state index is 12.3. The molecule has 2 aromatic rings. The molecule has 25 heavy (non-hydrogen) atoms. The van der Waals surface area contributed by atoms with Crippen molar-refractivity contribution in [2.75, 3.05) is 10.6 Å². The molecule has 0 fully saturated rings. The molecule has 3 N–H and O–H groups in total. The fraction of sp³-hybridized carbons (Fsp3) is 0.211. The summed E-state index contributed by atoms with van der Waals surface area (Å²) in [7, 11) is 0. The van der Waals surface area contributed by atoms with Gasteiger partial charge in [-0.15, -0.1) is 0 Å². The maximum atomic E-state index is 12.3. The Hall–Kier alpha value is -3.15. The van der Waals surface area contributed by atoms with Gasteiger partial charge in [0.15, 0.2) is 0 Å². The number of carbonyl (C=O) groups is 3. The number of rotatable bonds is 3. The minimum absolute atomic E-state index is 0.140. The number of fused-ring (bicyclic) bond motifs is 1. The third kappa shape index (κ3) is 3.85. The number of amides is 3. The second-order valence-electron chi connectivity index (χ2n) is 6.19. The second kappa shape index (κ2) is 6.76. The average molecular weight is 337 g/mol. The summed E-state index contributed by atoms with van der Waals surface area (Å²) < 4.78 is 0. The average Bonchev–Trinajstić information content (AvgIpc) is 2.64. The normalized spacial score (nSPS) is 16.3. The molecule has 3 amide bonds. The molecule has 0 saturated carbocycles. The van der Waals surface area contributed by atoms with Crippen molar-refractivity contribution in [3.63, 3.8) is 0 Å². The number of aryl methyl sites for hydroxylation is 2. The van der Waals surface area contributed by atoms with Gasteiger partial charge in [-0.05, 0) is 49.2 Å². The van der Waals surface area contributed by atoms with Gasteiger partial charge in [-0.2, -0.15) is 0 Å². The zero-order valence-electron chi connectivity index (χ0n) is 14.1. The van der Waals surface area contributed by atoms with E-state index in [9.17, 15) is 14.4 Å². The highest BCUT2D eigenvalue weighted by atomic mass is 16.2. The Morgan fingerprint density at radius 1 is 1.08 bits per heavy atom. The van der Waals surface area contributed by atoms with Crippen molar-refractivity contribution in [2.45, 2.75) is 26.3 Å². The lowest BCUT2D eigenvalue weighted by Crippen LogP contribution is -2.43. The van der Waals surface area contributed by atoms with Crippen LogP contribution in [0.15, 0.2) is 42.5 Å². The Balaban J connectivity index is 1.71. The van der Waals surface area contributed by atoms with E-state index in [1.54, 1.807) is 24.3 Å². The largest absolute Gasteiger partial charge is 0.340 e. The van der Waals surface area contributed by atoms with Gasteiger partial charge >= 0.3 is 0 Å². The number of para-hydroxylation sites is 1. The van der Waals surface area contributed by atoms with E-state index in [1.807, 2.05) is 32.0 Å². The van der Waals surface area contributed by atoms with Crippen LogP contribution < -0.4 is 16.0 Å². The van der Waals surface area contributed by atoms with E-state index in [-0.39, 0.29) is 18.2 Å². The number of anilines is 2. The van der Waals surface area contributed by atoms with Crippen molar-refractivity contribution in [1.82, 2.24) is 5.32 Å². The van der Waals surface area contributed by atoms with Crippen molar-refractivity contribution >= 4 is 29.1 Å². The zero-order chi connectivity index (χ0) is 18.0. The first-order chi connectivity index (χ1) is 11.9. The molecule has 0 aromatic heterocycles. The monoisotopic (exact) mass is 337 g/mol. The molecule has 1 aliphatic heterocycles. The minimum Gasteiger partial charge on any atom is -0.340 e. The van der Waals surface area contributed by atoms with Gasteiger partial charge in [0.25, 0.3) is 5.91 Å². The third-order valence-corrected chi connectivity index (χ3v) is 3.95. The lowest BCUT2D eigenvalue weighted by molar-refractivity contribution is -0.122. The highest BCUT2D eigenvalue weighted by Crippen LogP contribution is 2.19. The molecule has 0 aliphatic carbocycles. The van der Waals surface area contributed by atoms with Crippen LogP contribution in [0.25, 0.3) is 0 Å².